The van der Waals surface area contributed by atoms with Gasteiger partial charge in [0.25, 0.3) is 0 Å². The number of piperidine rings is 1. The molecule has 1 aliphatic heterocycles. The first-order valence-corrected chi connectivity index (χ1v) is 11.4. The number of amides is 1. The van der Waals surface area contributed by atoms with Crippen molar-refractivity contribution in [2.75, 3.05) is 32.6 Å². The Kier molecular flexibility index (Phi) is 6.94. The van der Waals surface area contributed by atoms with E-state index in [1.807, 2.05) is 11.9 Å². The summed E-state index contributed by atoms with van der Waals surface area (Å²) in [6.45, 7) is -0.169. The van der Waals surface area contributed by atoms with Crippen LogP contribution in [0, 0.1) is 0 Å². The SMILES string of the molecule is COC(=O)NCc1nnc(-c2cc3c(N[C@H]4CCN(C)C[C@H]4F)cccc3n2CC(F)(F)F)s1. The molecule has 13 heteroatoms. The van der Waals surface area contributed by atoms with Crippen molar-refractivity contribution >= 4 is 34.0 Å². The van der Waals surface area contributed by atoms with E-state index in [1.54, 1.807) is 24.3 Å². The Balaban J connectivity index is 1.70. The molecule has 8 nitrogen and oxygen atoms in total. The van der Waals surface area contributed by atoms with E-state index in [9.17, 15) is 22.4 Å². The van der Waals surface area contributed by atoms with E-state index in [4.69, 9.17) is 0 Å². The molecule has 0 unspecified atom stereocenters. The normalized spacial score (nSPS) is 19.4. The Hall–Kier alpha value is -2.93. The number of alkyl halides is 4. The van der Waals surface area contributed by atoms with Crippen molar-refractivity contribution in [2.45, 2.75) is 37.9 Å². The largest absolute Gasteiger partial charge is 0.453 e. The number of nitrogens with one attached hydrogen (secondary N) is 2. The summed E-state index contributed by atoms with van der Waals surface area (Å²) in [6, 6.07) is 6.16. The van der Waals surface area contributed by atoms with Gasteiger partial charge in [0.2, 0.25) is 0 Å². The van der Waals surface area contributed by atoms with Crippen LogP contribution in [0.2, 0.25) is 0 Å². The summed E-state index contributed by atoms with van der Waals surface area (Å²) in [7, 11) is 3.07. The average Bonchev–Trinajstić information content (AvgIpc) is 3.38. The number of ether oxygens (including phenoxy) is 1. The molecule has 1 fully saturated rings. The van der Waals surface area contributed by atoms with Gasteiger partial charge in [0.05, 0.1) is 30.9 Å². The summed E-state index contributed by atoms with van der Waals surface area (Å²) in [5.41, 5.74) is 1.16. The molecule has 0 radical (unpaired) electrons. The van der Waals surface area contributed by atoms with E-state index in [-0.39, 0.29) is 17.2 Å². The maximum absolute atomic E-state index is 14.6. The topological polar surface area (TPSA) is 84.3 Å². The van der Waals surface area contributed by atoms with Crippen LogP contribution in [0.25, 0.3) is 21.6 Å². The molecule has 0 saturated carbocycles. The minimum Gasteiger partial charge on any atom is -0.453 e. The summed E-state index contributed by atoms with van der Waals surface area (Å²) >= 11 is 1.07. The molecule has 3 heterocycles. The Morgan fingerprint density at radius 1 is 1.32 bits per heavy atom. The lowest BCUT2D eigenvalue weighted by molar-refractivity contribution is -0.139. The number of nitrogens with zero attached hydrogens (tertiary/aromatic N) is 4. The molecule has 3 aromatic rings. The molecule has 1 aliphatic rings. The second-order valence-corrected chi connectivity index (χ2v) is 9.20. The number of aromatic nitrogens is 3. The van der Waals surface area contributed by atoms with E-state index in [2.05, 4.69) is 25.6 Å². The van der Waals surface area contributed by atoms with Gasteiger partial charge in [-0.2, -0.15) is 13.2 Å². The van der Waals surface area contributed by atoms with E-state index in [1.165, 1.54) is 7.11 Å². The molecule has 1 amide bonds. The lowest BCUT2D eigenvalue weighted by atomic mass is 10.0. The predicted octanol–water partition coefficient (Wildman–Crippen LogP) is 4.03. The molecular weight excluding hydrogens is 476 g/mol. The number of methoxy groups -OCH3 is 1. The fourth-order valence-electron chi connectivity index (χ4n) is 4.00. The Labute approximate surface area is 196 Å². The molecular formula is C21H24F4N6O2S. The number of hydrogen-bond donors (Lipinski definition) is 2. The average molecular weight is 501 g/mol. The smallest absolute Gasteiger partial charge is 0.407 e. The van der Waals surface area contributed by atoms with Crippen molar-refractivity contribution in [2.24, 2.45) is 0 Å². The van der Waals surface area contributed by atoms with Gasteiger partial charge in [0.15, 0.2) is 5.01 Å². The lowest BCUT2D eigenvalue weighted by Gasteiger charge is -2.33. The third-order valence-corrected chi connectivity index (χ3v) is 6.57. The summed E-state index contributed by atoms with van der Waals surface area (Å²) in [5, 5.41) is 14.9. The van der Waals surface area contributed by atoms with Crippen molar-refractivity contribution in [3.8, 4) is 10.7 Å². The van der Waals surface area contributed by atoms with Crippen LogP contribution in [-0.2, 0) is 17.8 Å². The second kappa shape index (κ2) is 9.74. The van der Waals surface area contributed by atoms with Gasteiger partial charge in [-0.3, -0.25) is 0 Å². The van der Waals surface area contributed by atoms with Crippen LogP contribution in [0.15, 0.2) is 24.3 Å². The van der Waals surface area contributed by atoms with Gasteiger partial charge in [-0.25, -0.2) is 9.18 Å². The molecule has 4 rings (SSSR count). The fraction of sp³-hybridized carbons (Fsp3) is 0.476. The number of carbonyl (C=O) groups excluding carboxylic acids is 1. The van der Waals surface area contributed by atoms with Crippen LogP contribution in [0.3, 0.4) is 0 Å². The third-order valence-electron chi connectivity index (χ3n) is 5.62. The van der Waals surface area contributed by atoms with Gasteiger partial charge in [-0.05, 0) is 31.7 Å². The number of carbonyl (C=O) groups is 1. The van der Waals surface area contributed by atoms with Crippen molar-refractivity contribution in [3.63, 3.8) is 0 Å². The van der Waals surface area contributed by atoms with Gasteiger partial charge < -0.3 is 24.8 Å². The number of anilines is 1. The molecule has 0 bridgehead atoms. The van der Waals surface area contributed by atoms with Crippen molar-refractivity contribution in [3.05, 3.63) is 29.3 Å². The van der Waals surface area contributed by atoms with Gasteiger partial charge >= 0.3 is 12.3 Å². The summed E-state index contributed by atoms with van der Waals surface area (Å²) in [4.78, 5) is 13.2. The number of likely N-dealkylation sites (tertiary alicyclic amines) is 1. The molecule has 1 aromatic carbocycles. The highest BCUT2D eigenvalue weighted by Gasteiger charge is 2.32. The zero-order valence-electron chi connectivity index (χ0n) is 18.5. The second-order valence-electron chi connectivity index (χ2n) is 8.13. The van der Waals surface area contributed by atoms with Gasteiger partial charge in [-0.15, -0.1) is 10.2 Å². The van der Waals surface area contributed by atoms with E-state index >= 15 is 0 Å². The molecule has 2 N–H and O–H groups in total. The van der Waals surface area contributed by atoms with Crippen LogP contribution in [-0.4, -0.2) is 71.4 Å². The zero-order valence-corrected chi connectivity index (χ0v) is 19.3. The van der Waals surface area contributed by atoms with E-state index in [0.717, 1.165) is 22.4 Å². The van der Waals surface area contributed by atoms with Crippen LogP contribution in [0.4, 0.5) is 28.0 Å². The number of rotatable bonds is 6. The zero-order chi connectivity index (χ0) is 24.5. The Morgan fingerprint density at radius 2 is 2.12 bits per heavy atom. The Bertz CT molecular complexity index is 1160. The highest BCUT2D eigenvalue weighted by Crippen LogP contribution is 2.36. The van der Waals surface area contributed by atoms with Gasteiger partial charge in [0.1, 0.15) is 17.7 Å². The van der Waals surface area contributed by atoms with Crippen molar-refractivity contribution in [1.82, 2.24) is 25.0 Å². The molecule has 0 aliphatic carbocycles. The monoisotopic (exact) mass is 500 g/mol. The molecule has 0 spiro atoms. The Morgan fingerprint density at radius 3 is 2.82 bits per heavy atom. The van der Waals surface area contributed by atoms with E-state index in [0.29, 0.717) is 34.6 Å². The third kappa shape index (κ3) is 5.41. The standard InChI is InChI=1S/C21H24F4N6O2S/c1-30-7-6-15(13(22)10-30)27-14-4-3-5-16-12(14)8-17(31(16)11-21(23,24)25)19-29-28-18(34-19)9-26-20(32)33-2/h3-5,8,13,15,27H,6-7,9-11H2,1-2H3,(H,26,32)/t13-,15+/m1/s1. The summed E-state index contributed by atoms with van der Waals surface area (Å²) < 4.78 is 60.7. The number of alkyl carbamates (subject to hydrolysis) is 1. The quantitative estimate of drug-likeness (QED) is 0.498. The minimum absolute atomic E-state index is 0.0324. The number of halogens is 4. The van der Waals surface area contributed by atoms with Crippen molar-refractivity contribution < 1.29 is 27.1 Å². The number of hydrogen-bond acceptors (Lipinski definition) is 7. The van der Waals surface area contributed by atoms with Crippen LogP contribution in [0.1, 0.15) is 11.4 Å². The molecule has 2 aromatic heterocycles. The number of fused-ring (bicyclic) bond motifs is 1. The van der Waals surface area contributed by atoms with E-state index < -0.39 is 31.0 Å². The summed E-state index contributed by atoms with van der Waals surface area (Å²) in [5.74, 6) is 0. The number of benzene rings is 1. The minimum atomic E-state index is -4.47. The van der Waals surface area contributed by atoms with Crippen molar-refractivity contribution in [1.29, 1.82) is 0 Å². The van der Waals surface area contributed by atoms with Crippen LogP contribution >= 0.6 is 11.3 Å². The molecule has 34 heavy (non-hydrogen) atoms. The van der Waals surface area contributed by atoms with Gasteiger partial charge in [0, 0.05) is 24.2 Å². The lowest BCUT2D eigenvalue weighted by Crippen LogP contribution is -2.46. The van der Waals surface area contributed by atoms with Crippen LogP contribution < -0.4 is 10.6 Å². The first-order valence-electron chi connectivity index (χ1n) is 10.6. The summed E-state index contributed by atoms with van der Waals surface area (Å²) in [6.07, 6.45) is -5.64. The van der Waals surface area contributed by atoms with Crippen LogP contribution in [0.5, 0.6) is 0 Å². The molecule has 1 saturated heterocycles. The maximum atomic E-state index is 14.6. The first kappa shape index (κ1) is 24.2. The maximum Gasteiger partial charge on any atom is 0.407 e. The predicted molar refractivity (Wildman–Crippen MR) is 121 cm³/mol. The highest BCUT2D eigenvalue weighted by molar-refractivity contribution is 7.14. The first-order chi connectivity index (χ1) is 16.1. The molecule has 184 valence electrons. The molecule has 2 atom stereocenters. The van der Waals surface area contributed by atoms with Gasteiger partial charge in [-0.1, -0.05) is 17.4 Å². The highest BCUT2D eigenvalue weighted by atomic mass is 32.1. The fourth-order valence-corrected chi connectivity index (χ4v) is 4.81.